The van der Waals surface area contributed by atoms with Crippen LogP contribution in [0.2, 0.25) is 0 Å². The molecule has 0 aliphatic carbocycles. The van der Waals surface area contributed by atoms with Crippen LogP contribution in [0.1, 0.15) is 25.7 Å². The smallest absolute Gasteiger partial charge is 0.354 e. The number of hydrogen-bond donors (Lipinski definition) is 2. The summed E-state index contributed by atoms with van der Waals surface area (Å²) in [5.74, 6) is -0.298. The van der Waals surface area contributed by atoms with Crippen LogP contribution < -0.4 is 10.6 Å². The van der Waals surface area contributed by atoms with Crippen LogP contribution in [0.25, 0.3) is 0 Å². The molecule has 0 spiro atoms. The molecule has 0 aromatic carbocycles. The van der Waals surface area contributed by atoms with Crippen LogP contribution in [0.3, 0.4) is 0 Å². The number of rotatable bonds is 2. The molecule has 0 saturated carbocycles. The molecule has 110 valence electrons. The molecule has 0 bridgehead atoms. The molecule has 2 aliphatic heterocycles. The third-order valence-corrected chi connectivity index (χ3v) is 3.80. The first-order valence-electron chi connectivity index (χ1n) is 6.77. The molecule has 2 aliphatic rings. The minimum atomic E-state index is -4.30. The maximum atomic E-state index is 13.0. The Kier molecular flexibility index (Phi) is 4.67. The first-order valence-corrected chi connectivity index (χ1v) is 6.77. The van der Waals surface area contributed by atoms with Crippen molar-refractivity contribution < 1.29 is 18.0 Å². The average Bonchev–Trinajstić information content (AvgIpc) is 2.53. The quantitative estimate of drug-likeness (QED) is 0.789. The number of hydrogen-bond acceptors (Lipinski definition) is 3. The van der Waals surface area contributed by atoms with Crippen molar-refractivity contribution >= 4 is 5.91 Å². The molecule has 0 aromatic heterocycles. The molecule has 4 nitrogen and oxygen atoms in total. The van der Waals surface area contributed by atoms with Crippen LogP contribution in [0.4, 0.5) is 13.2 Å². The van der Waals surface area contributed by atoms with E-state index in [4.69, 9.17) is 0 Å². The molecule has 19 heavy (non-hydrogen) atoms. The van der Waals surface area contributed by atoms with Crippen molar-refractivity contribution in [1.82, 2.24) is 15.5 Å². The standard InChI is InChI=1S/C12H20F3N3O/c13-12(14,15)10-7-17-11(19)4-6-18(10)8-9-3-1-2-5-16-9/h9-10,16H,1-8H2,(H,17,19). The fourth-order valence-corrected chi connectivity index (χ4v) is 2.73. The summed E-state index contributed by atoms with van der Waals surface area (Å²) in [6.07, 6.45) is -1.12. The second-order valence-electron chi connectivity index (χ2n) is 5.25. The number of alkyl halides is 3. The highest BCUT2D eigenvalue weighted by Gasteiger charge is 2.45. The summed E-state index contributed by atoms with van der Waals surface area (Å²) in [4.78, 5) is 12.7. The predicted molar refractivity (Wildman–Crippen MR) is 64.7 cm³/mol. The maximum Gasteiger partial charge on any atom is 0.405 e. The summed E-state index contributed by atoms with van der Waals surface area (Å²) in [6, 6.07) is -1.46. The van der Waals surface area contributed by atoms with E-state index >= 15 is 0 Å². The lowest BCUT2D eigenvalue weighted by Crippen LogP contribution is -2.54. The van der Waals surface area contributed by atoms with Gasteiger partial charge < -0.3 is 10.6 Å². The number of amides is 1. The summed E-state index contributed by atoms with van der Waals surface area (Å²) >= 11 is 0. The number of nitrogens with zero attached hydrogens (tertiary/aromatic N) is 1. The Balaban J connectivity index is 2.01. The highest BCUT2D eigenvalue weighted by molar-refractivity contribution is 5.76. The van der Waals surface area contributed by atoms with Gasteiger partial charge in [-0.3, -0.25) is 9.69 Å². The molecule has 2 N–H and O–H groups in total. The van der Waals surface area contributed by atoms with Crippen molar-refractivity contribution in [1.29, 1.82) is 0 Å². The van der Waals surface area contributed by atoms with Crippen LogP contribution in [0.15, 0.2) is 0 Å². The molecule has 0 aromatic rings. The molecular weight excluding hydrogens is 259 g/mol. The zero-order chi connectivity index (χ0) is 13.9. The van der Waals surface area contributed by atoms with Gasteiger partial charge in [0.05, 0.1) is 0 Å². The topological polar surface area (TPSA) is 44.4 Å². The largest absolute Gasteiger partial charge is 0.405 e. The molecule has 2 saturated heterocycles. The van der Waals surface area contributed by atoms with Gasteiger partial charge in [-0.05, 0) is 19.4 Å². The second-order valence-corrected chi connectivity index (χ2v) is 5.25. The van der Waals surface area contributed by atoms with Gasteiger partial charge in [0.2, 0.25) is 5.91 Å². The Bertz CT molecular complexity index is 316. The van der Waals surface area contributed by atoms with E-state index in [1.807, 2.05) is 0 Å². The van der Waals surface area contributed by atoms with Gasteiger partial charge in [0, 0.05) is 32.1 Å². The lowest BCUT2D eigenvalue weighted by Gasteiger charge is -2.35. The van der Waals surface area contributed by atoms with Crippen LogP contribution >= 0.6 is 0 Å². The zero-order valence-electron chi connectivity index (χ0n) is 10.8. The van der Waals surface area contributed by atoms with Gasteiger partial charge >= 0.3 is 6.18 Å². The first kappa shape index (κ1) is 14.6. The van der Waals surface area contributed by atoms with Gasteiger partial charge in [-0.15, -0.1) is 0 Å². The van der Waals surface area contributed by atoms with Crippen molar-refractivity contribution in [3.05, 3.63) is 0 Å². The van der Waals surface area contributed by atoms with E-state index in [0.717, 1.165) is 25.8 Å². The Morgan fingerprint density at radius 2 is 2.11 bits per heavy atom. The molecule has 7 heteroatoms. The van der Waals surface area contributed by atoms with E-state index in [0.29, 0.717) is 6.54 Å². The molecular formula is C12H20F3N3O. The molecule has 2 rings (SSSR count). The Morgan fingerprint density at radius 3 is 2.74 bits per heavy atom. The maximum absolute atomic E-state index is 13.0. The molecule has 2 fully saturated rings. The number of carbonyl (C=O) groups is 1. The third kappa shape index (κ3) is 4.07. The third-order valence-electron chi connectivity index (χ3n) is 3.80. The lowest BCUT2D eigenvalue weighted by atomic mass is 10.0. The predicted octanol–water partition coefficient (Wildman–Crippen LogP) is 0.881. The van der Waals surface area contributed by atoms with Crippen molar-refractivity contribution in [2.24, 2.45) is 0 Å². The molecule has 1 amide bonds. The van der Waals surface area contributed by atoms with Crippen LogP contribution in [0.5, 0.6) is 0 Å². The van der Waals surface area contributed by atoms with Crippen molar-refractivity contribution in [3.63, 3.8) is 0 Å². The summed E-state index contributed by atoms with van der Waals surface area (Å²) in [5.41, 5.74) is 0. The van der Waals surface area contributed by atoms with Gasteiger partial charge in [0.1, 0.15) is 6.04 Å². The minimum absolute atomic E-state index is 0.104. The Hall–Kier alpha value is -0.820. The summed E-state index contributed by atoms with van der Waals surface area (Å²) in [7, 11) is 0. The van der Waals surface area contributed by atoms with E-state index in [1.165, 1.54) is 4.90 Å². The van der Waals surface area contributed by atoms with E-state index in [2.05, 4.69) is 10.6 Å². The Labute approximate surface area is 110 Å². The monoisotopic (exact) mass is 279 g/mol. The van der Waals surface area contributed by atoms with E-state index in [1.54, 1.807) is 0 Å². The van der Waals surface area contributed by atoms with Crippen molar-refractivity contribution in [3.8, 4) is 0 Å². The van der Waals surface area contributed by atoms with E-state index < -0.39 is 12.2 Å². The number of piperidine rings is 1. The number of carbonyl (C=O) groups excluding carboxylic acids is 1. The van der Waals surface area contributed by atoms with Gasteiger partial charge in [0.25, 0.3) is 0 Å². The van der Waals surface area contributed by atoms with Gasteiger partial charge in [-0.2, -0.15) is 13.2 Å². The lowest BCUT2D eigenvalue weighted by molar-refractivity contribution is -0.181. The summed E-state index contributed by atoms with van der Waals surface area (Å²) in [6.45, 7) is 1.06. The zero-order valence-corrected chi connectivity index (χ0v) is 10.8. The number of nitrogens with one attached hydrogen (secondary N) is 2. The fraction of sp³-hybridized carbons (Fsp3) is 0.917. The Morgan fingerprint density at radius 1 is 1.32 bits per heavy atom. The highest BCUT2D eigenvalue weighted by atomic mass is 19.4. The average molecular weight is 279 g/mol. The second kappa shape index (κ2) is 6.09. The molecule has 2 heterocycles. The van der Waals surface area contributed by atoms with Crippen molar-refractivity contribution in [2.75, 3.05) is 26.2 Å². The van der Waals surface area contributed by atoms with Crippen LogP contribution in [-0.4, -0.2) is 55.2 Å². The minimum Gasteiger partial charge on any atom is -0.354 e. The van der Waals surface area contributed by atoms with Gasteiger partial charge in [-0.1, -0.05) is 6.42 Å². The van der Waals surface area contributed by atoms with Gasteiger partial charge in [-0.25, -0.2) is 0 Å². The number of halogens is 3. The normalized spacial score (nSPS) is 30.8. The van der Waals surface area contributed by atoms with E-state index in [-0.39, 0.29) is 31.5 Å². The SMILES string of the molecule is O=C1CCN(CC2CCCCN2)C(C(F)(F)F)CN1. The van der Waals surface area contributed by atoms with Gasteiger partial charge in [0.15, 0.2) is 0 Å². The van der Waals surface area contributed by atoms with E-state index in [9.17, 15) is 18.0 Å². The summed E-state index contributed by atoms with van der Waals surface area (Å²) < 4.78 is 39.1. The molecule has 0 radical (unpaired) electrons. The first-order chi connectivity index (χ1) is 8.97. The molecule has 2 unspecified atom stereocenters. The fourth-order valence-electron chi connectivity index (χ4n) is 2.73. The van der Waals surface area contributed by atoms with Crippen LogP contribution in [-0.2, 0) is 4.79 Å². The van der Waals surface area contributed by atoms with Crippen LogP contribution in [0, 0.1) is 0 Å². The molecule has 2 atom stereocenters. The van der Waals surface area contributed by atoms with Crippen molar-refractivity contribution in [2.45, 2.75) is 43.9 Å². The highest BCUT2D eigenvalue weighted by Crippen LogP contribution is 2.26. The summed E-state index contributed by atoms with van der Waals surface area (Å²) in [5, 5.41) is 5.60.